The first-order chi connectivity index (χ1) is 15.5. The molecule has 0 radical (unpaired) electrons. The zero-order chi connectivity index (χ0) is 22.1. The van der Waals surface area contributed by atoms with Crippen LogP contribution in [0.2, 0.25) is 0 Å². The van der Waals surface area contributed by atoms with Crippen molar-refractivity contribution >= 4 is 44.9 Å². The van der Waals surface area contributed by atoms with Gasteiger partial charge in [0.25, 0.3) is 5.82 Å². The zero-order valence-corrected chi connectivity index (χ0v) is 19.0. The Bertz CT molecular complexity index is 1590. The van der Waals surface area contributed by atoms with Gasteiger partial charge in [-0.05, 0) is 54.3 Å². The summed E-state index contributed by atoms with van der Waals surface area (Å²) in [4.78, 5) is 0. The highest BCUT2D eigenvalue weighted by Crippen LogP contribution is 2.50. The maximum atomic E-state index is 6.15. The van der Waals surface area contributed by atoms with Crippen LogP contribution in [0.3, 0.4) is 0 Å². The van der Waals surface area contributed by atoms with E-state index in [1.807, 2.05) is 18.3 Å². The molecule has 32 heavy (non-hydrogen) atoms. The SMILES string of the molecule is C=C[n+]1c(-c2cc3c(cc2C)oc2ccccc23)n(C2=C(C(C)C)C2C)c2ccccc21. The minimum atomic E-state index is 0.488. The van der Waals surface area contributed by atoms with Crippen molar-refractivity contribution in [2.45, 2.75) is 27.7 Å². The van der Waals surface area contributed by atoms with Crippen LogP contribution in [-0.2, 0) is 0 Å². The second-order valence-electron chi connectivity index (χ2n) is 9.18. The van der Waals surface area contributed by atoms with Crippen molar-refractivity contribution in [1.29, 1.82) is 0 Å². The van der Waals surface area contributed by atoms with Crippen molar-refractivity contribution in [2.24, 2.45) is 11.8 Å². The van der Waals surface area contributed by atoms with Gasteiger partial charge >= 0.3 is 0 Å². The van der Waals surface area contributed by atoms with E-state index in [0.29, 0.717) is 11.8 Å². The number of hydrogen-bond donors (Lipinski definition) is 0. The summed E-state index contributed by atoms with van der Waals surface area (Å²) in [7, 11) is 0. The largest absolute Gasteiger partial charge is 0.456 e. The van der Waals surface area contributed by atoms with Crippen LogP contribution in [-0.4, -0.2) is 4.57 Å². The highest BCUT2D eigenvalue weighted by molar-refractivity contribution is 6.06. The maximum absolute atomic E-state index is 6.15. The molecule has 0 saturated heterocycles. The normalized spacial score (nSPS) is 16.1. The summed E-state index contributed by atoms with van der Waals surface area (Å²) in [5, 5.41) is 2.30. The first-order valence-electron chi connectivity index (χ1n) is 11.4. The van der Waals surface area contributed by atoms with E-state index < -0.39 is 0 Å². The molecule has 1 aliphatic rings. The van der Waals surface area contributed by atoms with E-state index in [0.717, 1.165) is 27.8 Å². The Kier molecular flexibility index (Phi) is 4.00. The predicted molar refractivity (Wildman–Crippen MR) is 133 cm³/mol. The minimum Gasteiger partial charge on any atom is -0.456 e. The molecule has 0 saturated carbocycles. The molecule has 5 aromatic rings. The van der Waals surface area contributed by atoms with Crippen LogP contribution in [0.5, 0.6) is 0 Å². The summed E-state index contributed by atoms with van der Waals surface area (Å²) < 4.78 is 10.9. The fourth-order valence-corrected chi connectivity index (χ4v) is 5.45. The Hall–Kier alpha value is -3.59. The smallest absolute Gasteiger partial charge is 0.299 e. The number of hydrogen-bond acceptors (Lipinski definition) is 1. The number of benzene rings is 3. The molecule has 6 rings (SSSR count). The van der Waals surface area contributed by atoms with Gasteiger partial charge in [-0.2, -0.15) is 9.13 Å². The van der Waals surface area contributed by atoms with Gasteiger partial charge in [-0.25, -0.2) is 0 Å². The number of rotatable bonds is 4. The van der Waals surface area contributed by atoms with Crippen LogP contribution >= 0.6 is 0 Å². The second-order valence-corrected chi connectivity index (χ2v) is 9.18. The molecule has 0 spiro atoms. The van der Waals surface area contributed by atoms with Gasteiger partial charge in [-0.3, -0.25) is 0 Å². The molecule has 3 aromatic carbocycles. The molecule has 3 nitrogen and oxygen atoms in total. The lowest BCUT2D eigenvalue weighted by molar-refractivity contribution is -0.526. The molecule has 2 heterocycles. The number of aryl methyl sites for hydroxylation is 1. The summed E-state index contributed by atoms with van der Waals surface area (Å²) in [6, 6.07) is 21.4. The zero-order valence-electron chi connectivity index (χ0n) is 19.0. The van der Waals surface area contributed by atoms with Crippen LogP contribution in [0, 0.1) is 18.8 Å². The molecule has 0 fully saturated rings. The quantitative estimate of drug-likeness (QED) is 0.278. The molecule has 0 aliphatic heterocycles. The maximum Gasteiger partial charge on any atom is 0.299 e. The Morgan fingerprint density at radius 3 is 2.50 bits per heavy atom. The fraction of sp³-hybridized carbons (Fsp3) is 0.207. The summed E-state index contributed by atoms with van der Waals surface area (Å²) in [6.45, 7) is 13.3. The Balaban J connectivity index is 1.74. The molecule has 0 amide bonds. The lowest BCUT2D eigenvalue weighted by Gasteiger charge is -2.05. The molecule has 2 aromatic heterocycles. The molecule has 158 valence electrons. The number of nitrogens with zero attached hydrogens (tertiary/aromatic N) is 2. The number of imidazole rings is 1. The number of allylic oxidation sites excluding steroid dienone is 2. The average Bonchev–Trinajstić information content (AvgIpc) is 3.17. The van der Waals surface area contributed by atoms with Crippen molar-refractivity contribution in [2.75, 3.05) is 0 Å². The number of aromatic nitrogens is 2. The third-order valence-electron chi connectivity index (χ3n) is 6.92. The van der Waals surface area contributed by atoms with Crippen LogP contribution in [0.1, 0.15) is 26.3 Å². The van der Waals surface area contributed by atoms with Gasteiger partial charge in [0, 0.05) is 16.7 Å². The molecule has 1 unspecified atom stereocenters. The fourth-order valence-electron chi connectivity index (χ4n) is 5.45. The van der Waals surface area contributed by atoms with E-state index in [4.69, 9.17) is 4.42 Å². The van der Waals surface area contributed by atoms with Crippen LogP contribution in [0.4, 0.5) is 0 Å². The van der Waals surface area contributed by atoms with E-state index >= 15 is 0 Å². The van der Waals surface area contributed by atoms with Crippen molar-refractivity contribution in [3.63, 3.8) is 0 Å². The summed E-state index contributed by atoms with van der Waals surface area (Å²) in [5.74, 6) is 2.18. The van der Waals surface area contributed by atoms with E-state index in [1.165, 1.54) is 33.4 Å². The summed E-state index contributed by atoms with van der Waals surface area (Å²) in [5.41, 5.74) is 9.60. The van der Waals surface area contributed by atoms with Crippen molar-refractivity contribution in [1.82, 2.24) is 4.57 Å². The van der Waals surface area contributed by atoms with E-state index in [-0.39, 0.29) is 0 Å². The van der Waals surface area contributed by atoms with Gasteiger partial charge in [0.05, 0.1) is 11.8 Å². The Morgan fingerprint density at radius 2 is 1.75 bits per heavy atom. The average molecular weight is 420 g/mol. The second kappa shape index (κ2) is 6.70. The van der Waals surface area contributed by atoms with Gasteiger partial charge < -0.3 is 4.42 Å². The van der Waals surface area contributed by atoms with E-state index in [9.17, 15) is 0 Å². The standard InChI is InChI=1S/C29H27N2O/c1-6-30-23-12-8-9-13-24(23)31(28-19(5)27(28)17(2)3)29(30)21-16-22-20-11-7-10-14-25(20)32-26(22)15-18(21)4/h6-17,19H,1H2,2-5H3/q+1. The van der Waals surface area contributed by atoms with Gasteiger partial charge in [-0.1, -0.05) is 57.7 Å². The Morgan fingerprint density at radius 1 is 1.00 bits per heavy atom. The molecule has 3 heteroatoms. The number of furan rings is 1. The topological polar surface area (TPSA) is 21.9 Å². The van der Waals surface area contributed by atoms with Gasteiger partial charge in [0.2, 0.25) is 0 Å². The van der Waals surface area contributed by atoms with Gasteiger partial charge in [0.15, 0.2) is 11.0 Å². The third kappa shape index (κ3) is 2.51. The minimum absolute atomic E-state index is 0.488. The van der Waals surface area contributed by atoms with Crippen molar-refractivity contribution in [3.05, 3.63) is 78.4 Å². The van der Waals surface area contributed by atoms with Crippen LogP contribution in [0.15, 0.2) is 77.2 Å². The number of fused-ring (bicyclic) bond motifs is 4. The Labute approximate surface area is 187 Å². The summed E-state index contributed by atoms with van der Waals surface area (Å²) in [6.07, 6.45) is 1.94. The third-order valence-corrected chi connectivity index (χ3v) is 6.92. The lowest BCUT2D eigenvalue weighted by atomic mass is 10.0. The molecule has 0 N–H and O–H groups in total. The molecule has 0 bridgehead atoms. The lowest BCUT2D eigenvalue weighted by Crippen LogP contribution is -2.28. The summed E-state index contributed by atoms with van der Waals surface area (Å²) >= 11 is 0. The highest BCUT2D eigenvalue weighted by atomic mass is 16.3. The van der Waals surface area contributed by atoms with Crippen LogP contribution in [0.25, 0.3) is 56.3 Å². The molecule has 1 aliphatic carbocycles. The predicted octanol–water partition coefficient (Wildman–Crippen LogP) is 7.42. The first kappa shape index (κ1) is 19.1. The molecule has 1 atom stereocenters. The highest BCUT2D eigenvalue weighted by Gasteiger charge is 2.44. The van der Waals surface area contributed by atoms with E-state index in [2.05, 4.69) is 91.9 Å². The van der Waals surface area contributed by atoms with Gasteiger partial charge in [-0.15, -0.1) is 0 Å². The van der Waals surface area contributed by atoms with Crippen molar-refractivity contribution < 1.29 is 8.98 Å². The van der Waals surface area contributed by atoms with Crippen LogP contribution < -0.4 is 4.57 Å². The number of para-hydroxylation sites is 3. The molecular weight excluding hydrogens is 392 g/mol. The monoisotopic (exact) mass is 419 g/mol. The van der Waals surface area contributed by atoms with Crippen molar-refractivity contribution in [3.8, 4) is 11.4 Å². The molecular formula is C29H27N2O+. The van der Waals surface area contributed by atoms with E-state index in [1.54, 1.807) is 0 Å². The van der Waals surface area contributed by atoms with Gasteiger partial charge in [0.1, 0.15) is 16.9 Å². The first-order valence-corrected chi connectivity index (χ1v) is 11.4.